The van der Waals surface area contributed by atoms with Crippen LogP contribution >= 0.6 is 16.8 Å². The van der Waals surface area contributed by atoms with Gasteiger partial charge >= 0.3 is 23.2 Å². The first-order chi connectivity index (χ1) is 11.8. The molecular weight excluding hydrogens is 422 g/mol. The van der Waals surface area contributed by atoms with Gasteiger partial charge < -0.3 is 18.1 Å². The van der Waals surface area contributed by atoms with Gasteiger partial charge in [0.05, 0.1) is 26.4 Å². The minimum absolute atomic E-state index is 0.579. The van der Waals surface area contributed by atoms with Crippen molar-refractivity contribution in [3.63, 3.8) is 0 Å². The predicted octanol–water partition coefficient (Wildman–Crippen LogP) is 6.21. The summed E-state index contributed by atoms with van der Waals surface area (Å²) in [7, 11) is -7.82. The molecule has 0 saturated carbocycles. The summed E-state index contributed by atoms with van der Waals surface area (Å²) in [6.45, 7) is 2.18. The molecule has 0 atom stereocenters. The molecule has 0 unspecified atom stereocenters. The third-order valence-corrected chi connectivity index (χ3v) is 6.04. The van der Waals surface area contributed by atoms with Crippen molar-refractivity contribution in [1.82, 2.24) is 0 Å². The van der Waals surface area contributed by atoms with Gasteiger partial charge in [0.25, 0.3) is 16.8 Å². The molecule has 0 amide bonds. The van der Waals surface area contributed by atoms with Crippen molar-refractivity contribution in [3.05, 3.63) is 0 Å². The summed E-state index contributed by atoms with van der Waals surface area (Å²) in [5.41, 5.74) is -11.4. The van der Waals surface area contributed by atoms with Crippen molar-refractivity contribution in [2.45, 2.75) is 50.9 Å². The molecule has 14 heteroatoms. The van der Waals surface area contributed by atoms with Crippen LogP contribution in [0.3, 0.4) is 0 Å². The third kappa shape index (κ3) is 4.94. The highest BCUT2D eigenvalue weighted by Crippen LogP contribution is 2.70. The highest BCUT2D eigenvalue weighted by atomic mass is 31.2. The Labute approximate surface area is 148 Å². The first kappa shape index (κ1) is 26.1. The van der Waals surface area contributed by atoms with E-state index in [1.54, 1.807) is 0 Å². The zero-order valence-electron chi connectivity index (χ0n) is 14.4. The van der Waals surface area contributed by atoms with Crippen LogP contribution in [0.25, 0.3) is 0 Å². The van der Waals surface area contributed by atoms with E-state index >= 15 is 0 Å². The van der Waals surface area contributed by atoms with Crippen LogP contribution in [-0.4, -0.2) is 49.6 Å². The maximum Gasteiger partial charge on any atom is 0.387 e. The minimum atomic E-state index is -6.51. The van der Waals surface area contributed by atoms with E-state index in [2.05, 4.69) is 18.1 Å². The standard InChI is InChI=1S/C12H20F8O4P2/c1-5-21-25(22-6-2)11(17,18)9(13,14)10(15,16)12(19,20)26(23-7-3)24-8-4/h5-8H2,1-4H3. The van der Waals surface area contributed by atoms with E-state index in [0.29, 0.717) is 0 Å². The summed E-state index contributed by atoms with van der Waals surface area (Å²) in [4.78, 5) is 0. The highest BCUT2D eigenvalue weighted by molar-refractivity contribution is 7.49. The average molecular weight is 442 g/mol. The van der Waals surface area contributed by atoms with Gasteiger partial charge in [-0.15, -0.1) is 0 Å². The van der Waals surface area contributed by atoms with Crippen LogP contribution in [-0.2, 0) is 18.1 Å². The second-order valence-corrected chi connectivity index (χ2v) is 7.60. The second-order valence-electron chi connectivity index (χ2n) is 4.42. The van der Waals surface area contributed by atoms with Crippen LogP contribution in [0.15, 0.2) is 0 Å². The Hall–Kier alpha value is 0.140. The molecule has 0 aliphatic carbocycles. The Morgan fingerprint density at radius 3 is 0.846 bits per heavy atom. The molecule has 0 aliphatic heterocycles. The van der Waals surface area contributed by atoms with Gasteiger partial charge in [-0.2, -0.15) is 35.1 Å². The molecule has 0 N–H and O–H groups in total. The van der Waals surface area contributed by atoms with Crippen molar-refractivity contribution in [2.24, 2.45) is 0 Å². The zero-order valence-corrected chi connectivity index (χ0v) is 16.2. The second kappa shape index (κ2) is 10.1. The lowest BCUT2D eigenvalue weighted by molar-refractivity contribution is -0.330. The van der Waals surface area contributed by atoms with Crippen LogP contribution in [0, 0.1) is 0 Å². The maximum absolute atomic E-state index is 14.0. The molecule has 0 aliphatic rings. The van der Waals surface area contributed by atoms with E-state index in [1.165, 1.54) is 0 Å². The molecule has 4 nitrogen and oxygen atoms in total. The van der Waals surface area contributed by atoms with Gasteiger partial charge in [0.1, 0.15) is 0 Å². The summed E-state index contributed by atoms with van der Waals surface area (Å²) in [5.74, 6) is -13.0. The predicted molar refractivity (Wildman–Crippen MR) is 80.1 cm³/mol. The van der Waals surface area contributed by atoms with Gasteiger partial charge in [-0.25, -0.2) is 0 Å². The molecule has 0 spiro atoms. The Kier molecular flexibility index (Phi) is 10.1. The van der Waals surface area contributed by atoms with Crippen LogP contribution in [0.1, 0.15) is 27.7 Å². The largest absolute Gasteiger partial charge is 0.387 e. The zero-order chi connectivity index (χ0) is 20.8. The fraction of sp³-hybridized carbons (Fsp3) is 1.00. The molecular formula is C12H20F8O4P2. The van der Waals surface area contributed by atoms with Crippen LogP contribution < -0.4 is 0 Å². The fourth-order valence-electron chi connectivity index (χ4n) is 1.47. The molecule has 158 valence electrons. The van der Waals surface area contributed by atoms with Crippen LogP contribution in [0.5, 0.6) is 0 Å². The lowest BCUT2D eigenvalue weighted by atomic mass is 10.2. The van der Waals surface area contributed by atoms with Crippen LogP contribution in [0.2, 0.25) is 0 Å². The Morgan fingerprint density at radius 2 is 0.692 bits per heavy atom. The van der Waals surface area contributed by atoms with Gasteiger partial charge in [-0.1, -0.05) is 0 Å². The first-order valence-electron chi connectivity index (χ1n) is 7.42. The van der Waals surface area contributed by atoms with Crippen molar-refractivity contribution in [2.75, 3.05) is 26.4 Å². The van der Waals surface area contributed by atoms with Gasteiger partial charge in [0.2, 0.25) is 0 Å². The summed E-state index contributed by atoms with van der Waals surface area (Å²) < 4.78 is 129. The Bertz CT molecular complexity index is 378. The van der Waals surface area contributed by atoms with Gasteiger partial charge in [0, 0.05) is 0 Å². The van der Waals surface area contributed by atoms with Crippen molar-refractivity contribution < 1.29 is 53.2 Å². The number of rotatable bonds is 13. The van der Waals surface area contributed by atoms with Crippen molar-refractivity contribution in [1.29, 1.82) is 0 Å². The smallest absolute Gasteiger partial charge is 0.330 e. The number of halogens is 8. The molecule has 0 aromatic carbocycles. The molecule has 0 aromatic heterocycles. The molecule has 0 fully saturated rings. The summed E-state index contributed by atoms with van der Waals surface area (Å²) in [6.07, 6.45) is 0. The molecule has 0 radical (unpaired) electrons. The molecule has 0 rings (SSSR count). The first-order valence-corrected chi connectivity index (χ1v) is 9.78. The fourth-order valence-corrected chi connectivity index (χ4v) is 3.95. The average Bonchev–Trinajstić information content (AvgIpc) is 2.53. The van der Waals surface area contributed by atoms with E-state index in [9.17, 15) is 35.1 Å². The van der Waals surface area contributed by atoms with E-state index in [-0.39, 0.29) is 0 Å². The van der Waals surface area contributed by atoms with Crippen LogP contribution in [0.4, 0.5) is 35.1 Å². The third-order valence-electron chi connectivity index (χ3n) is 2.59. The van der Waals surface area contributed by atoms with Gasteiger partial charge in [-0.3, -0.25) is 0 Å². The quantitative estimate of drug-likeness (QED) is 0.251. The van der Waals surface area contributed by atoms with E-state index in [1.807, 2.05) is 0 Å². The summed E-state index contributed by atoms with van der Waals surface area (Å²) >= 11 is 0. The highest BCUT2D eigenvalue weighted by Gasteiger charge is 2.85. The van der Waals surface area contributed by atoms with E-state index in [0.717, 1.165) is 27.7 Å². The van der Waals surface area contributed by atoms with Gasteiger partial charge in [-0.05, 0) is 27.7 Å². The Morgan fingerprint density at radius 1 is 0.500 bits per heavy atom. The topological polar surface area (TPSA) is 36.9 Å². The molecule has 0 bridgehead atoms. The summed E-state index contributed by atoms with van der Waals surface area (Å²) in [6, 6.07) is 0. The molecule has 0 aromatic rings. The van der Waals surface area contributed by atoms with Gasteiger partial charge in [0.15, 0.2) is 0 Å². The molecule has 26 heavy (non-hydrogen) atoms. The summed E-state index contributed by atoms with van der Waals surface area (Å²) in [5, 5.41) is 0. The minimum Gasteiger partial charge on any atom is -0.330 e. The monoisotopic (exact) mass is 442 g/mol. The lowest BCUT2D eigenvalue weighted by Gasteiger charge is -2.39. The normalized spacial score (nSPS) is 14.5. The van der Waals surface area contributed by atoms with Crippen molar-refractivity contribution >= 4 is 16.8 Å². The molecule has 0 heterocycles. The van der Waals surface area contributed by atoms with Crippen molar-refractivity contribution in [3.8, 4) is 0 Å². The maximum atomic E-state index is 14.0. The van der Waals surface area contributed by atoms with E-state index < -0.39 is 66.4 Å². The number of alkyl halides is 8. The molecule has 0 saturated heterocycles. The Balaban J connectivity index is 6.01. The number of hydrogen-bond acceptors (Lipinski definition) is 4. The lowest BCUT2D eigenvalue weighted by Crippen LogP contribution is -2.61. The van der Waals surface area contributed by atoms with E-state index in [4.69, 9.17) is 0 Å². The SMILES string of the molecule is CCOP(OCC)C(F)(F)C(F)(F)C(F)(F)C(F)(F)P(OCC)OCC. The number of hydrogen-bond donors (Lipinski definition) is 0.